The van der Waals surface area contributed by atoms with E-state index < -0.39 is 21.7 Å². The number of hydrogen-bond acceptors (Lipinski definition) is 8. The summed E-state index contributed by atoms with van der Waals surface area (Å²) in [6.07, 6.45) is 0. The molecule has 2 aromatic rings. The Morgan fingerprint density at radius 3 is 2.46 bits per heavy atom. The van der Waals surface area contributed by atoms with Crippen molar-refractivity contribution in [2.24, 2.45) is 0 Å². The fraction of sp³-hybridized carbons (Fsp3) is 0.333. The van der Waals surface area contributed by atoms with Crippen molar-refractivity contribution in [2.45, 2.75) is 6.92 Å². The minimum Gasteiger partial charge on any atom is -0.478 e. The van der Waals surface area contributed by atoms with Crippen molar-refractivity contribution in [3.05, 3.63) is 40.3 Å². The summed E-state index contributed by atoms with van der Waals surface area (Å²) >= 11 is 0. The minimum absolute atomic E-state index is 0. The average Bonchev–Trinajstić information content (AvgIpc) is 2.61. The van der Waals surface area contributed by atoms with Crippen LogP contribution in [0.4, 0.5) is 17.6 Å². The maximum atomic E-state index is 11.8. The SMILES string of the molecule is CCS(=O)(=O)NCCN(C)c1nc(Nc2ccc(C(=O)O)cc2)[nH]c(=O)n1.O. The van der Waals surface area contributed by atoms with E-state index in [9.17, 15) is 18.0 Å². The summed E-state index contributed by atoms with van der Waals surface area (Å²) in [5.41, 5.74) is 0.0241. The van der Waals surface area contributed by atoms with Gasteiger partial charge in [0.15, 0.2) is 0 Å². The third-order valence-corrected chi connectivity index (χ3v) is 4.93. The van der Waals surface area contributed by atoms with Crippen LogP contribution in [0, 0.1) is 0 Å². The van der Waals surface area contributed by atoms with Crippen molar-refractivity contribution in [1.82, 2.24) is 19.7 Å². The maximum Gasteiger partial charge on any atom is 0.351 e. The smallest absolute Gasteiger partial charge is 0.351 e. The zero-order valence-electron chi connectivity index (χ0n) is 15.3. The lowest BCUT2D eigenvalue weighted by molar-refractivity contribution is 0.0697. The fourth-order valence-corrected chi connectivity index (χ4v) is 2.61. The normalized spacial score (nSPS) is 10.8. The first-order valence-corrected chi connectivity index (χ1v) is 9.62. The van der Waals surface area contributed by atoms with Gasteiger partial charge in [-0.3, -0.25) is 4.98 Å². The van der Waals surface area contributed by atoms with E-state index >= 15 is 0 Å². The van der Waals surface area contributed by atoms with Crippen molar-refractivity contribution in [3.8, 4) is 0 Å². The number of H-pyrrole nitrogens is 1. The van der Waals surface area contributed by atoms with Gasteiger partial charge in [0, 0.05) is 25.8 Å². The van der Waals surface area contributed by atoms with Crippen molar-refractivity contribution in [2.75, 3.05) is 36.1 Å². The number of aromatic carboxylic acids is 1. The quantitative estimate of drug-likeness (QED) is 0.405. The molecule has 1 heterocycles. The van der Waals surface area contributed by atoms with Gasteiger partial charge in [0.05, 0.1) is 11.3 Å². The summed E-state index contributed by atoms with van der Waals surface area (Å²) in [6.45, 7) is 1.94. The molecule has 154 valence electrons. The second-order valence-electron chi connectivity index (χ2n) is 5.53. The maximum absolute atomic E-state index is 11.8. The highest BCUT2D eigenvalue weighted by atomic mass is 32.2. The fourth-order valence-electron chi connectivity index (χ4n) is 2.01. The number of aromatic amines is 1. The van der Waals surface area contributed by atoms with Crippen LogP contribution in [0.5, 0.6) is 0 Å². The highest BCUT2D eigenvalue weighted by Crippen LogP contribution is 2.14. The number of hydrogen-bond donors (Lipinski definition) is 4. The molecule has 12 nitrogen and oxygen atoms in total. The first-order chi connectivity index (χ1) is 12.7. The van der Waals surface area contributed by atoms with Gasteiger partial charge in [-0.15, -0.1) is 0 Å². The van der Waals surface area contributed by atoms with Gasteiger partial charge in [-0.25, -0.2) is 22.7 Å². The molecular formula is C15H22N6O6S. The number of benzene rings is 1. The van der Waals surface area contributed by atoms with E-state index in [0.717, 1.165) is 0 Å². The Morgan fingerprint density at radius 2 is 1.89 bits per heavy atom. The number of carbonyl (C=O) groups is 1. The monoisotopic (exact) mass is 414 g/mol. The van der Waals surface area contributed by atoms with Gasteiger partial charge in [-0.1, -0.05) is 0 Å². The Hall–Kier alpha value is -3.03. The molecule has 0 atom stereocenters. The third kappa shape index (κ3) is 6.61. The predicted molar refractivity (Wildman–Crippen MR) is 104 cm³/mol. The molecule has 1 aromatic carbocycles. The number of carboxylic acids is 1. The van der Waals surface area contributed by atoms with E-state index in [4.69, 9.17) is 5.11 Å². The number of sulfonamides is 1. The number of anilines is 3. The molecule has 0 saturated carbocycles. The first kappa shape index (κ1) is 23.0. The highest BCUT2D eigenvalue weighted by Gasteiger charge is 2.11. The molecule has 6 N–H and O–H groups in total. The van der Waals surface area contributed by atoms with Crippen molar-refractivity contribution < 1.29 is 23.8 Å². The Balaban J connectivity index is 0.00000392. The number of carboxylic acid groups (broad SMARTS) is 1. The van der Waals surface area contributed by atoms with Gasteiger partial charge in [-0.05, 0) is 31.2 Å². The van der Waals surface area contributed by atoms with E-state index in [0.29, 0.717) is 5.69 Å². The average molecular weight is 414 g/mol. The standard InChI is InChI=1S/C15H20N6O5S.H2O/c1-3-27(25,26)16-8-9-21(2)14-18-13(19-15(24)20-14)17-11-6-4-10(5-7-11)12(22)23;/h4-7,16H,3,8-9H2,1-2H3,(H,22,23)(H2,17,18,19,20,24);1H2. The Kier molecular flexibility index (Phi) is 8.03. The van der Waals surface area contributed by atoms with Crippen LogP contribution in [-0.4, -0.2) is 65.8 Å². The van der Waals surface area contributed by atoms with E-state index in [1.807, 2.05) is 0 Å². The molecule has 13 heteroatoms. The summed E-state index contributed by atoms with van der Waals surface area (Å²) < 4.78 is 25.3. The van der Waals surface area contributed by atoms with Gasteiger partial charge < -0.3 is 20.8 Å². The second-order valence-corrected chi connectivity index (χ2v) is 7.62. The molecule has 0 unspecified atom stereocenters. The Labute approximate surface area is 161 Å². The number of rotatable bonds is 9. The molecule has 28 heavy (non-hydrogen) atoms. The summed E-state index contributed by atoms with van der Waals surface area (Å²) in [4.78, 5) is 34.5. The van der Waals surface area contributed by atoms with E-state index in [-0.39, 0.29) is 41.8 Å². The van der Waals surface area contributed by atoms with Crippen LogP contribution >= 0.6 is 0 Å². The van der Waals surface area contributed by atoms with Gasteiger partial charge >= 0.3 is 11.7 Å². The molecule has 2 rings (SSSR count). The molecule has 0 bridgehead atoms. The third-order valence-electron chi connectivity index (χ3n) is 3.52. The zero-order valence-corrected chi connectivity index (χ0v) is 16.1. The van der Waals surface area contributed by atoms with Gasteiger partial charge in [0.2, 0.25) is 21.9 Å². The highest BCUT2D eigenvalue weighted by molar-refractivity contribution is 7.89. The van der Waals surface area contributed by atoms with Crippen molar-refractivity contribution in [1.29, 1.82) is 0 Å². The summed E-state index contributed by atoms with van der Waals surface area (Å²) in [5, 5.41) is 11.8. The topological polar surface area (TPSA) is 189 Å². The molecule has 0 saturated heterocycles. The lowest BCUT2D eigenvalue weighted by atomic mass is 10.2. The number of nitrogens with one attached hydrogen (secondary N) is 3. The predicted octanol–water partition coefficient (Wildman–Crippen LogP) is -0.842. The van der Waals surface area contributed by atoms with Crippen LogP contribution < -0.4 is 20.6 Å². The van der Waals surface area contributed by atoms with E-state index in [1.165, 1.54) is 36.1 Å². The number of likely N-dealkylation sites (N-methyl/N-ethyl adjacent to an activating group) is 1. The van der Waals surface area contributed by atoms with Crippen LogP contribution in [0.2, 0.25) is 0 Å². The molecule has 0 spiro atoms. The lowest BCUT2D eigenvalue weighted by Crippen LogP contribution is -2.35. The van der Waals surface area contributed by atoms with Crippen LogP contribution in [0.3, 0.4) is 0 Å². The minimum atomic E-state index is -3.30. The molecule has 1 aromatic heterocycles. The Morgan fingerprint density at radius 1 is 1.25 bits per heavy atom. The van der Waals surface area contributed by atoms with E-state index in [1.54, 1.807) is 7.05 Å². The van der Waals surface area contributed by atoms with Crippen LogP contribution in [0.1, 0.15) is 17.3 Å². The molecular weight excluding hydrogens is 392 g/mol. The Bertz CT molecular complexity index is 960. The molecule has 0 aliphatic carbocycles. The zero-order chi connectivity index (χ0) is 20.0. The summed E-state index contributed by atoms with van der Waals surface area (Å²) in [6, 6.07) is 5.90. The van der Waals surface area contributed by atoms with Crippen LogP contribution in [0.25, 0.3) is 0 Å². The van der Waals surface area contributed by atoms with Crippen LogP contribution in [-0.2, 0) is 10.0 Å². The number of nitrogens with zero attached hydrogens (tertiary/aromatic N) is 3. The second kappa shape index (κ2) is 9.77. The molecule has 0 amide bonds. The summed E-state index contributed by atoms with van der Waals surface area (Å²) in [7, 11) is -1.68. The lowest BCUT2D eigenvalue weighted by Gasteiger charge is -2.17. The first-order valence-electron chi connectivity index (χ1n) is 7.97. The van der Waals surface area contributed by atoms with Crippen molar-refractivity contribution in [3.63, 3.8) is 0 Å². The van der Waals surface area contributed by atoms with Crippen molar-refractivity contribution >= 4 is 33.6 Å². The molecule has 0 aliphatic rings. The van der Waals surface area contributed by atoms with E-state index in [2.05, 4.69) is 25.0 Å². The number of aromatic nitrogens is 3. The summed E-state index contributed by atoms with van der Waals surface area (Å²) in [5.74, 6) is -0.833. The molecule has 0 fully saturated rings. The van der Waals surface area contributed by atoms with Gasteiger partial charge in [-0.2, -0.15) is 9.97 Å². The van der Waals surface area contributed by atoms with Gasteiger partial charge in [0.1, 0.15) is 0 Å². The molecule has 0 radical (unpaired) electrons. The molecule has 0 aliphatic heterocycles. The van der Waals surface area contributed by atoms with Gasteiger partial charge in [0.25, 0.3) is 0 Å². The largest absolute Gasteiger partial charge is 0.478 e. The van der Waals surface area contributed by atoms with Crippen LogP contribution in [0.15, 0.2) is 29.1 Å².